The normalized spacial score (nSPS) is 19.9. The summed E-state index contributed by atoms with van der Waals surface area (Å²) in [6, 6.07) is 15.1. The number of hydrogen-bond acceptors (Lipinski definition) is 4. The Kier molecular flexibility index (Phi) is 4.67. The van der Waals surface area contributed by atoms with E-state index in [4.69, 9.17) is 0 Å². The fraction of sp³-hybridized carbons (Fsp3) is 0.318. The van der Waals surface area contributed by atoms with Crippen LogP contribution in [0.2, 0.25) is 0 Å². The zero-order chi connectivity index (χ0) is 19.8. The van der Waals surface area contributed by atoms with Crippen LogP contribution >= 0.6 is 11.3 Å². The lowest BCUT2D eigenvalue weighted by molar-refractivity contribution is -0.124. The minimum Gasteiger partial charge on any atom is -0.355 e. The molecule has 5 nitrogen and oxygen atoms in total. The molecule has 144 valence electrons. The van der Waals surface area contributed by atoms with Crippen LogP contribution in [0.4, 0.5) is 0 Å². The Morgan fingerprint density at radius 1 is 1.21 bits per heavy atom. The molecule has 2 heterocycles. The van der Waals surface area contributed by atoms with Crippen molar-refractivity contribution in [3.8, 4) is 11.4 Å². The van der Waals surface area contributed by atoms with Gasteiger partial charge in [0.15, 0.2) is 0 Å². The van der Waals surface area contributed by atoms with E-state index in [9.17, 15) is 9.59 Å². The maximum absolute atomic E-state index is 13.0. The first-order valence-corrected chi connectivity index (χ1v) is 10.3. The van der Waals surface area contributed by atoms with E-state index in [0.29, 0.717) is 24.5 Å². The molecule has 1 saturated carbocycles. The van der Waals surface area contributed by atoms with Crippen molar-refractivity contribution in [2.75, 3.05) is 6.54 Å². The summed E-state index contributed by atoms with van der Waals surface area (Å²) in [7, 11) is 0. The molecule has 2 aromatic heterocycles. The van der Waals surface area contributed by atoms with Crippen LogP contribution in [0.1, 0.15) is 30.8 Å². The van der Waals surface area contributed by atoms with E-state index in [-0.39, 0.29) is 16.9 Å². The molecule has 1 aliphatic carbocycles. The summed E-state index contributed by atoms with van der Waals surface area (Å²) in [6.07, 6.45) is 1.37. The summed E-state index contributed by atoms with van der Waals surface area (Å²) in [5, 5.41) is 5.09. The van der Waals surface area contributed by atoms with Crippen molar-refractivity contribution < 1.29 is 4.79 Å². The molecule has 1 aliphatic rings. The highest BCUT2D eigenvalue weighted by Crippen LogP contribution is 2.65. The Labute approximate surface area is 167 Å². The summed E-state index contributed by atoms with van der Waals surface area (Å²) in [6.45, 7) is 4.72. The summed E-state index contributed by atoms with van der Waals surface area (Å²) >= 11 is 1.64. The smallest absolute Gasteiger partial charge is 0.251 e. The molecule has 0 bridgehead atoms. The van der Waals surface area contributed by atoms with E-state index in [0.717, 1.165) is 16.9 Å². The summed E-state index contributed by atoms with van der Waals surface area (Å²) < 4.78 is 0. The molecule has 28 heavy (non-hydrogen) atoms. The third-order valence-corrected chi connectivity index (χ3v) is 6.61. The first-order chi connectivity index (χ1) is 13.4. The van der Waals surface area contributed by atoms with E-state index >= 15 is 0 Å². The lowest BCUT2D eigenvalue weighted by Crippen LogP contribution is -2.38. The predicted octanol–water partition coefficient (Wildman–Crippen LogP) is 3.53. The highest BCUT2D eigenvalue weighted by atomic mass is 32.1. The van der Waals surface area contributed by atoms with Crippen molar-refractivity contribution >= 4 is 17.2 Å². The lowest BCUT2D eigenvalue weighted by Gasteiger charge is -2.19. The van der Waals surface area contributed by atoms with Gasteiger partial charge in [0.05, 0.1) is 11.1 Å². The molecule has 0 saturated heterocycles. The third kappa shape index (κ3) is 3.29. The van der Waals surface area contributed by atoms with Crippen LogP contribution in [-0.4, -0.2) is 22.4 Å². The van der Waals surface area contributed by atoms with Gasteiger partial charge >= 0.3 is 0 Å². The number of hydrogen-bond donors (Lipinski definition) is 2. The number of aromatic amines is 1. The quantitative estimate of drug-likeness (QED) is 0.673. The van der Waals surface area contributed by atoms with Crippen LogP contribution in [0.25, 0.3) is 11.4 Å². The third-order valence-electron chi connectivity index (χ3n) is 5.58. The number of benzene rings is 1. The van der Waals surface area contributed by atoms with Crippen molar-refractivity contribution in [2.24, 2.45) is 5.41 Å². The molecule has 1 fully saturated rings. The molecule has 0 aliphatic heterocycles. The van der Waals surface area contributed by atoms with Gasteiger partial charge in [0.25, 0.3) is 5.56 Å². The van der Waals surface area contributed by atoms with Crippen LogP contribution in [0.15, 0.2) is 58.7 Å². The molecule has 6 heteroatoms. The standard InChI is InChI=1S/C22H23N3O2S/c1-21(2)14-22(21,17-9-6-12-28-17)20(27)23-11-10-16-13-18(26)25-19(24-16)15-7-4-3-5-8-15/h3-9,12-13H,10-11,14H2,1-2H3,(H,23,27)(H,24,25,26). The number of rotatable bonds is 6. The number of thiophene rings is 1. The monoisotopic (exact) mass is 393 g/mol. The summed E-state index contributed by atoms with van der Waals surface area (Å²) in [5.74, 6) is 0.612. The van der Waals surface area contributed by atoms with Crippen LogP contribution in [-0.2, 0) is 16.6 Å². The molecule has 3 aromatic rings. The lowest BCUT2D eigenvalue weighted by atomic mass is 9.93. The molecule has 0 radical (unpaired) electrons. The second-order valence-corrected chi connectivity index (χ2v) is 8.85. The van der Waals surface area contributed by atoms with Crippen molar-refractivity contribution in [1.29, 1.82) is 0 Å². The molecule has 1 atom stereocenters. The van der Waals surface area contributed by atoms with Crippen molar-refractivity contribution in [1.82, 2.24) is 15.3 Å². The number of nitrogens with zero attached hydrogens (tertiary/aromatic N) is 1. The van der Waals surface area contributed by atoms with E-state index in [1.807, 2.05) is 47.8 Å². The second kappa shape index (κ2) is 7.02. The number of amides is 1. The number of H-pyrrole nitrogens is 1. The Balaban J connectivity index is 1.45. The highest BCUT2D eigenvalue weighted by molar-refractivity contribution is 7.10. The van der Waals surface area contributed by atoms with Gasteiger partial charge < -0.3 is 10.3 Å². The fourth-order valence-electron chi connectivity index (χ4n) is 3.88. The molecule has 2 N–H and O–H groups in total. The summed E-state index contributed by atoms with van der Waals surface area (Å²) in [4.78, 5) is 33.5. The van der Waals surface area contributed by atoms with Crippen LogP contribution < -0.4 is 10.9 Å². The maximum Gasteiger partial charge on any atom is 0.251 e. The largest absolute Gasteiger partial charge is 0.355 e. The second-order valence-electron chi connectivity index (χ2n) is 7.90. The van der Waals surface area contributed by atoms with Gasteiger partial charge in [-0.25, -0.2) is 4.98 Å². The van der Waals surface area contributed by atoms with Crippen molar-refractivity contribution in [2.45, 2.75) is 32.1 Å². The molecular formula is C22H23N3O2S. The first kappa shape index (κ1) is 18.6. The molecule has 4 rings (SSSR count). The number of carbonyl (C=O) groups is 1. The van der Waals surface area contributed by atoms with Gasteiger partial charge in [-0.05, 0) is 23.3 Å². The minimum atomic E-state index is -0.433. The van der Waals surface area contributed by atoms with Crippen LogP contribution in [0, 0.1) is 5.41 Å². The molecule has 1 unspecified atom stereocenters. The van der Waals surface area contributed by atoms with Gasteiger partial charge in [-0.1, -0.05) is 50.2 Å². The van der Waals surface area contributed by atoms with Gasteiger partial charge in [-0.3, -0.25) is 9.59 Å². The average Bonchev–Trinajstić information content (AvgIpc) is 3.02. The van der Waals surface area contributed by atoms with Gasteiger partial charge in [0, 0.05) is 29.5 Å². The molecular weight excluding hydrogens is 370 g/mol. The Hall–Kier alpha value is -2.73. The molecule has 0 spiro atoms. The zero-order valence-electron chi connectivity index (χ0n) is 16.0. The van der Waals surface area contributed by atoms with Crippen molar-refractivity contribution in [3.05, 3.63) is 74.8 Å². The highest BCUT2D eigenvalue weighted by Gasteiger charge is 2.67. The zero-order valence-corrected chi connectivity index (χ0v) is 16.8. The number of nitrogens with one attached hydrogen (secondary N) is 2. The van der Waals surface area contributed by atoms with Gasteiger partial charge in [0.2, 0.25) is 5.91 Å². The number of carbonyl (C=O) groups excluding carboxylic acids is 1. The fourth-order valence-corrected chi connectivity index (χ4v) is 4.99. The predicted molar refractivity (Wildman–Crippen MR) is 111 cm³/mol. The topological polar surface area (TPSA) is 74.8 Å². The van der Waals surface area contributed by atoms with Crippen LogP contribution in [0.5, 0.6) is 0 Å². The van der Waals surface area contributed by atoms with E-state index < -0.39 is 5.41 Å². The van der Waals surface area contributed by atoms with E-state index in [2.05, 4.69) is 29.1 Å². The van der Waals surface area contributed by atoms with Gasteiger partial charge in [-0.15, -0.1) is 11.3 Å². The minimum absolute atomic E-state index is 0.0371. The summed E-state index contributed by atoms with van der Waals surface area (Å²) in [5.41, 5.74) is 0.876. The van der Waals surface area contributed by atoms with Gasteiger partial charge in [0.1, 0.15) is 5.82 Å². The Morgan fingerprint density at radius 2 is 1.96 bits per heavy atom. The maximum atomic E-state index is 13.0. The first-order valence-electron chi connectivity index (χ1n) is 9.40. The van der Waals surface area contributed by atoms with Crippen LogP contribution in [0.3, 0.4) is 0 Å². The van der Waals surface area contributed by atoms with E-state index in [1.165, 1.54) is 6.07 Å². The Bertz CT molecular complexity index is 1040. The average molecular weight is 394 g/mol. The molecule has 1 amide bonds. The number of aromatic nitrogens is 2. The SMILES string of the molecule is CC1(C)CC1(C(=O)NCCc1cc(=O)[nH]c(-c2ccccc2)n1)c1cccs1. The molecule has 1 aromatic carbocycles. The Morgan fingerprint density at radius 3 is 2.61 bits per heavy atom. The van der Waals surface area contributed by atoms with Crippen molar-refractivity contribution in [3.63, 3.8) is 0 Å². The van der Waals surface area contributed by atoms with Gasteiger partial charge in [-0.2, -0.15) is 0 Å². The van der Waals surface area contributed by atoms with E-state index in [1.54, 1.807) is 11.3 Å².